The van der Waals surface area contributed by atoms with E-state index in [1.165, 1.54) is 11.1 Å². The molecule has 2 heterocycles. The summed E-state index contributed by atoms with van der Waals surface area (Å²) in [6.45, 7) is 10.6. The van der Waals surface area contributed by atoms with Crippen LogP contribution in [0, 0.1) is 17.8 Å². The van der Waals surface area contributed by atoms with Crippen molar-refractivity contribution in [3.05, 3.63) is 23.3 Å². The third kappa shape index (κ3) is 5.53. The van der Waals surface area contributed by atoms with Crippen LogP contribution in [0.4, 0.5) is 0 Å². The Balaban J connectivity index is 1.85. The lowest BCUT2D eigenvalue weighted by molar-refractivity contribution is -0.159. The first kappa shape index (κ1) is 23.9. The Labute approximate surface area is 187 Å². The molecular weight excluding hydrogens is 392 g/mol. The van der Waals surface area contributed by atoms with Crippen molar-refractivity contribution < 1.29 is 19.0 Å². The number of hydrogen-bond acceptors (Lipinski definition) is 6. The van der Waals surface area contributed by atoms with E-state index in [4.69, 9.17) is 19.9 Å². The highest BCUT2D eigenvalue weighted by Gasteiger charge is 2.41. The first-order valence-corrected chi connectivity index (χ1v) is 11.7. The van der Waals surface area contributed by atoms with Crippen molar-refractivity contribution in [3.63, 3.8) is 0 Å². The Morgan fingerprint density at radius 3 is 2.42 bits per heavy atom. The van der Waals surface area contributed by atoms with E-state index >= 15 is 0 Å². The van der Waals surface area contributed by atoms with Crippen LogP contribution in [-0.2, 0) is 16.0 Å². The van der Waals surface area contributed by atoms with Gasteiger partial charge in [0.2, 0.25) is 0 Å². The van der Waals surface area contributed by atoms with Crippen LogP contribution in [0.2, 0.25) is 0 Å². The maximum atomic E-state index is 12.8. The third-order valence-electron chi connectivity index (χ3n) is 6.63. The number of rotatable bonds is 8. The molecule has 31 heavy (non-hydrogen) atoms. The minimum absolute atomic E-state index is 0.117. The first-order valence-electron chi connectivity index (χ1n) is 11.7. The summed E-state index contributed by atoms with van der Waals surface area (Å²) in [5.41, 5.74) is 8.70. The predicted octanol–water partition coefficient (Wildman–Crippen LogP) is 3.95. The number of nitrogens with zero attached hydrogens (tertiary/aromatic N) is 1. The smallest absolute Gasteiger partial charge is 0.323 e. The summed E-state index contributed by atoms with van der Waals surface area (Å²) >= 11 is 0. The molecule has 0 spiro atoms. The monoisotopic (exact) mass is 432 g/mol. The zero-order valence-electron chi connectivity index (χ0n) is 20.0. The fourth-order valence-corrected chi connectivity index (χ4v) is 5.22. The highest BCUT2D eigenvalue weighted by Crippen LogP contribution is 2.44. The number of piperidine rings is 1. The second-order valence-corrected chi connectivity index (χ2v) is 10.0. The van der Waals surface area contributed by atoms with E-state index in [0.717, 1.165) is 43.9 Å². The van der Waals surface area contributed by atoms with Crippen LogP contribution in [0.1, 0.15) is 64.1 Å². The van der Waals surface area contributed by atoms with Gasteiger partial charge in [-0.3, -0.25) is 9.69 Å². The average Bonchev–Trinajstić information content (AvgIpc) is 2.72. The van der Waals surface area contributed by atoms with Gasteiger partial charge in [-0.1, -0.05) is 27.7 Å². The number of nitrogens with two attached hydrogens (primary N) is 1. The fraction of sp³-hybridized carbons (Fsp3) is 0.720. The number of carbonyl (C=O) groups excluding carboxylic acids is 1. The van der Waals surface area contributed by atoms with E-state index in [-0.39, 0.29) is 18.1 Å². The Bertz CT molecular complexity index is 764. The van der Waals surface area contributed by atoms with Crippen LogP contribution in [-0.4, -0.2) is 50.3 Å². The molecule has 0 aliphatic carbocycles. The van der Waals surface area contributed by atoms with Gasteiger partial charge < -0.3 is 19.9 Å². The number of methoxy groups -OCH3 is 2. The molecule has 2 N–H and O–H groups in total. The largest absolute Gasteiger partial charge is 0.493 e. The van der Waals surface area contributed by atoms with Gasteiger partial charge in [0.25, 0.3) is 0 Å². The van der Waals surface area contributed by atoms with Gasteiger partial charge in [0.1, 0.15) is 12.1 Å². The zero-order chi connectivity index (χ0) is 22.7. The molecular formula is C25H40N2O4. The van der Waals surface area contributed by atoms with Crippen LogP contribution in [0.3, 0.4) is 0 Å². The quantitative estimate of drug-likeness (QED) is 0.627. The lowest BCUT2D eigenvalue weighted by Crippen LogP contribution is -2.50. The van der Waals surface area contributed by atoms with Gasteiger partial charge in [0.15, 0.2) is 11.5 Å². The maximum absolute atomic E-state index is 12.8. The molecule has 0 saturated carbocycles. The Hall–Kier alpha value is -1.79. The Kier molecular flexibility index (Phi) is 7.87. The number of benzene rings is 1. The van der Waals surface area contributed by atoms with Gasteiger partial charge in [-0.2, -0.15) is 0 Å². The van der Waals surface area contributed by atoms with Crippen molar-refractivity contribution in [2.24, 2.45) is 23.5 Å². The molecule has 2 aliphatic heterocycles. The highest BCUT2D eigenvalue weighted by atomic mass is 16.5. The van der Waals surface area contributed by atoms with Crippen LogP contribution < -0.4 is 15.2 Å². The molecule has 0 bridgehead atoms. The van der Waals surface area contributed by atoms with Gasteiger partial charge in [0.05, 0.1) is 14.2 Å². The molecule has 0 aromatic heterocycles. The lowest BCUT2D eigenvalue weighted by Gasteiger charge is -2.47. The van der Waals surface area contributed by atoms with E-state index in [1.807, 2.05) is 0 Å². The van der Waals surface area contributed by atoms with Gasteiger partial charge in [0, 0.05) is 31.5 Å². The number of carbonyl (C=O) groups is 1. The molecule has 6 heteroatoms. The van der Waals surface area contributed by atoms with Crippen molar-refractivity contribution in [2.45, 2.75) is 71.6 Å². The van der Waals surface area contributed by atoms with E-state index < -0.39 is 6.04 Å². The maximum Gasteiger partial charge on any atom is 0.323 e. The second kappa shape index (κ2) is 10.2. The van der Waals surface area contributed by atoms with Crippen molar-refractivity contribution in [1.29, 1.82) is 0 Å². The molecule has 0 radical (unpaired) electrons. The van der Waals surface area contributed by atoms with Crippen LogP contribution in [0.5, 0.6) is 11.5 Å². The van der Waals surface area contributed by atoms with Crippen LogP contribution in [0.25, 0.3) is 0 Å². The summed E-state index contributed by atoms with van der Waals surface area (Å²) < 4.78 is 17.2. The topological polar surface area (TPSA) is 74.0 Å². The minimum Gasteiger partial charge on any atom is -0.493 e. The summed E-state index contributed by atoms with van der Waals surface area (Å²) in [6, 6.07) is 3.87. The van der Waals surface area contributed by atoms with Crippen molar-refractivity contribution in [1.82, 2.24) is 4.90 Å². The van der Waals surface area contributed by atoms with E-state index in [9.17, 15) is 4.79 Å². The van der Waals surface area contributed by atoms with E-state index in [0.29, 0.717) is 24.2 Å². The molecule has 1 saturated heterocycles. The molecule has 0 amide bonds. The van der Waals surface area contributed by atoms with Crippen molar-refractivity contribution in [3.8, 4) is 11.5 Å². The number of fused-ring (bicyclic) bond motifs is 3. The standard InChI is InChI=1S/C25H40N2O4/c1-15(2)9-18-14-27-8-7-17-11-23(29-5)24(30-6)12-19(17)21(27)13-22(18)31-25(28)20(26)10-16(3)4/h11-12,15-16,18,20-22H,7-10,13-14,26H2,1-6H3/t18-,20+,21-,22-/m1/s1. The summed E-state index contributed by atoms with van der Waals surface area (Å²) in [6.07, 6.45) is 3.35. The molecule has 2 aliphatic rings. The lowest BCUT2D eigenvalue weighted by atomic mass is 9.79. The molecule has 3 rings (SSSR count). The predicted molar refractivity (Wildman–Crippen MR) is 122 cm³/mol. The zero-order valence-corrected chi connectivity index (χ0v) is 20.0. The highest BCUT2D eigenvalue weighted by molar-refractivity contribution is 5.75. The molecule has 1 fully saturated rings. The van der Waals surface area contributed by atoms with Gasteiger partial charge in [-0.15, -0.1) is 0 Å². The fourth-order valence-electron chi connectivity index (χ4n) is 5.22. The van der Waals surface area contributed by atoms with Crippen LogP contribution >= 0.6 is 0 Å². The summed E-state index contributed by atoms with van der Waals surface area (Å²) in [5, 5.41) is 0. The molecule has 174 valence electrons. The molecule has 1 aromatic rings. The summed E-state index contributed by atoms with van der Waals surface area (Å²) in [7, 11) is 3.34. The van der Waals surface area contributed by atoms with Gasteiger partial charge in [-0.25, -0.2) is 0 Å². The molecule has 6 nitrogen and oxygen atoms in total. The Morgan fingerprint density at radius 1 is 1.13 bits per heavy atom. The van der Waals surface area contributed by atoms with Gasteiger partial charge in [-0.05, 0) is 54.4 Å². The minimum atomic E-state index is -0.555. The average molecular weight is 433 g/mol. The second-order valence-electron chi connectivity index (χ2n) is 10.0. The molecule has 4 atom stereocenters. The van der Waals surface area contributed by atoms with Crippen molar-refractivity contribution >= 4 is 5.97 Å². The summed E-state index contributed by atoms with van der Waals surface area (Å²) in [5.74, 6) is 2.50. The molecule has 1 aromatic carbocycles. The Morgan fingerprint density at radius 2 is 1.81 bits per heavy atom. The normalized spacial score (nSPS) is 24.5. The van der Waals surface area contributed by atoms with E-state index in [2.05, 4.69) is 44.7 Å². The molecule has 0 unspecified atom stereocenters. The first-order chi connectivity index (χ1) is 14.7. The number of hydrogen-bond donors (Lipinski definition) is 1. The SMILES string of the molecule is COc1cc2c(cc1OC)[C@H]1C[C@@H](OC(=O)[C@@H](N)CC(C)C)[C@H](CC(C)C)CN1CC2. The van der Waals surface area contributed by atoms with E-state index in [1.54, 1.807) is 14.2 Å². The van der Waals surface area contributed by atoms with Crippen molar-refractivity contribution in [2.75, 3.05) is 27.3 Å². The van der Waals surface area contributed by atoms with Gasteiger partial charge >= 0.3 is 5.97 Å². The third-order valence-corrected chi connectivity index (χ3v) is 6.63. The number of esters is 1. The summed E-state index contributed by atoms with van der Waals surface area (Å²) in [4.78, 5) is 15.3. The van der Waals surface area contributed by atoms with Crippen LogP contribution in [0.15, 0.2) is 12.1 Å². The number of ether oxygens (including phenoxy) is 3.